The third-order valence-corrected chi connectivity index (χ3v) is 2.77. The molecular weight excluding hydrogens is 176 g/mol. The quantitative estimate of drug-likeness (QED) is 0.751. The molecule has 1 aromatic rings. The van der Waals surface area contributed by atoms with E-state index >= 15 is 0 Å². The van der Waals surface area contributed by atoms with E-state index < -0.39 is 0 Å². The van der Waals surface area contributed by atoms with Crippen LogP contribution in [0.3, 0.4) is 0 Å². The molecule has 1 fully saturated rings. The van der Waals surface area contributed by atoms with Crippen molar-refractivity contribution >= 4 is 5.91 Å². The van der Waals surface area contributed by atoms with Gasteiger partial charge in [-0.15, -0.1) is 0 Å². The van der Waals surface area contributed by atoms with Crippen molar-refractivity contribution in [2.45, 2.75) is 26.8 Å². The van der Waals surface area contributed by atoms with Crippen LogP contribution in [0.25, 0.3) is 0 Å². The zero-order valence-electron chi connectivity index (χ0n) is 8.71. The van der Waals surface area contributed by atoms with E-state index in [4.69, 9.17) is 0 Å². The number of aromatic nitrogens is 1. The second-order valence-electron chi connectivity index (χ2n) is 4.19. The molecule has 0 spiro atoms. The largest absolute Gasteiger partial charge is 0.356 e. The van der Waals surface area contributed by atoms with Gasteiger partial charge in [-0.1, -0.05) is 0 Å². The van der Waals surface area contributed by atoms with Crippen molar-refractivity contribution in [3.63, 3.8) is 0 Å². The summed E-state index contributed by atoms with van der Waals surface area (Å²) in [6, 6.07) is 2.17. The Morgan fingerprint density at radius 1 is 1.57 bits per heavy atom. The van der Waals surface area contributed by atoms with Crippen molar-refractivity contribution in [2.24, 2.45) is 5.92 Å². The molecule has 1 amide bonds. The molecule has 14 heavy (non-hydrogen) atoms. The first-order chi connectivity index (χ1) is 6.65. The highest BCUT2D eigenvalue weighted by atomic mass is 16.1. The van der Waals surface area contributed by atoms with Gasteiger partial charge in [0.1, 0.15) is 0 Å². The highest BCUT2D eigenvalue weighted by Crippen LogP contribution is 2.15. The number of nitrogens with one attached hydrogen (secondary N) is 1. The Labute approximate surface area is 84.1 Å². The van der Waals surface area contributed by atoms with E-state index in [1.165, 1.54) is 11.3 Å². The predicted octanol–water partition coefficient (Wildman–Crippen LogP) is 1.24. The van der Waals surface area contributed by atoms with Gasteiger partial charge in [0.2, 0.25) is 5.91 Å². The summed E-state index contributed by atoms with van der Waals surface area (Å²) >= 11 is 0. The van der Waals surface area contributed by atoms with Crippen LogP contribution in [0, 0.1) is 19.8 Å². The molecule has 0 radical (unpaired) electrons. The maximum Gasteiger partial charge on any atom is 0.220 e. The summed E-state index contributed by atoms with van der Waals surface area (Å²) < 4.78 is 2.24. The van der Waals surface area contributed by atoms with Crippen LogP contribution in [0.2, 0.25) is 0 Å². The van der Waals surface area contributed by atoms with Gasteiger partial charge in [-0.2, -0.15) is 0 Å². The van der Waals surface area contributed by atoms with Crippen LogP contribution >= 0.6 is 0 Å². The third-order valence-electron chi connectivity index (χ3n) is 2.77. The Balaban J connectivity index is 2.04. The lowest BCUT2D eigenvalue weighted by molar-refractivity contribution is -0.119. The van der Waals surface area contributed by atoms with Gasteiger partial charge in [0.25, 0.3) is 0 Å². The van der Waals surface area contributed by atoms with Gasteiger partial charge in [0.15, 0.2) is 0 Å². The average molecular weight is 192 g/mol. The molecule has 1 atom stereocenters. The number of carbonyl (C=O) groups excluding carboxylic acids is 1. The Kier molecular flexibility index (Phi) is 2.32. The maximum atomic E-state index is 11.0. The van der Waals surface area contributed by atoms with Crippen LogP contribution in [-0.2, 0) is 11.3 Å². The van der Waals surface area contributed by atoms with E-state index in [-0.39, 0.29) is 5.91 Å². The lowest BCUT2D eigenvalue weighted by Gasteiger charge is -2.10. The van der Waals surface area contributed by atoms with Crippen molar-refractivity contribution in [3.05, 3.63) is 23.5 Å². The van der Waals surface area contributed by atoms with Gasteiger partial charge in [-0.3, -0.25) is 4.79 Å². The summed E-state index contributed by atoms with van der Waals surface area (Å²) in [5.41, 5.74) is 2.57. The summed E-state index contributed by atoms with van der Waals surface area (Å²) in [5, 5.41) is 2.86. The van der Waals surface area contributed by atoms with Crippen molar-refractivity contribution < 1.29 is 4.79 Å². The molecule has 2 heterocycles. The molecule has 3 nitrogen and oxygen atoms in total. The van der Waals surface area contributed by atoms with E-state index in [0.29, 0.717) is 12.3 Å². The van der Waals surface area contributed by atoms with Crippen LogP contribution in [0.5, 0.6) is 0 Å². The third kappa shape index (κ3) is 1.81. The summed E-state index contributed by atoms with van der Waals surface area (Å²) in [5.74, 6) is 0.657. The fraction of sp³-hybridized carbons (Fsp3) is 0.545. The fourth-order valence-corrected chi connectivity index (χ4v) is 2.07. The number of hydrogen-bond donors (Lipinski definition) is 1. The summed E-state index contributed by atoms with van der Waals surface area (Å²) in [6.45, 7) is 5.99. The van der Waals surface area contributed by atoms with E-state index in [0.717, 1.165) is 13.1 Å². The maximum absolute atomic E-state index is 11.0. The van der Waals surface area contributed by atoms with Crippen LogP contribution in [0.4, 0.5) is 0 Å². The molecule has 76 valence electrons. The predicted molar refractivity (Wildman–Crippen MR) is 55.0 cm³/mol. The molecular formula is C11H16N2O. The van der Waals surface area contributed by atoms with Gasteiger partial charge >= 0.3 is 0 Å². The first-order valence-corrected chi connectivity index (χ1v) is 5.05. The van der Waals surface area contributed by atoms with Crippen molar-refractivity contribution in [1.29, 1.82) is 0 Å². The Morgan fingerprint density at radius 3 is 2.86 bits per heavy atom. The highest BCUT2D eigenvalue weighted by Gasteiger charge is 2.21. The van der Waals surface area contributed by atoms with Crippen LogP contribution in [-0.4, -0.2) is 17.0 Å². The highest BCUT2D eigenvalue weighted by molar-refractivity contribution is 5.78. The molecule has 0 aromatic carbocycles. The zero-order valence-corrected chi connectivity index (χ0v) is 8.71. The van der Waals surface area contributed by atoms with Crippen LogP contribution < -0.4 is 5.32 Å². The van der Waals surface area contributed by atoms with Gasteiger partial charge in [-0.05, 0) is 25.5 Å². The van der Waals surface area contributed by atoms with Gasteiger partial charge in [0.05, 0.1) is 0 Å². The minimum Gasteiger partial charge on any atom is -0.356 e. The minimum atomic E-state index is 0.191. The van der Waals surface area contributed by atoms with Crippen molar-refractivity contribution in [1.82, 2.24) is 9.88 Å². The minimum absolute atomic E-state index is 0.191. The molecule has 1 unspecified atom stereocenters. The fourth-order valence-electron chi connectivity index (χ4n) is 2.07. The molecule has 3 heteroatoms. The van der Waals surface area contributed by atoms with Gasteiger partial charge < -0.3 is 9.88 Å². The molecule has 1 aromatic heterocycles. The van der Waals surface area contributed by atoms with E-state index in [1.807, 2.05) is 0 Å². The SMILES string of the molecule is Cc1cc(C)n(CC2CNC(=O)C2)c1. The normalized spacial score (nSPS) is 21.3. The topological polar surface area (TPSA) is 34.0 Å². The van der Waals surface area contributed by atoms with Gasteiger partial charge in [0, 0.05) is 37.3 Å². The smallest absolute Gasteiger partial charge is 0.220 e. The lowest BCUT2D eigenvalue weighted by atomic mass is 10.1. The van der Waals surface area contributed by atoms with Crippen LogP contribution in [0.1, 0.15) is 17.7 Å². The number of nitrogens with zero attached hydrogens (tertiary/aromatic N) is 1. The second kappa shape index (κ2) is 3.48. The first-order valence-electron chi connectivity index (χ1n) is 5.05. The number of carbonyl (C=O) groups is 1. The summed E-state index contributed by atoms with van der Waals surface area (Å²) in [4.78, 5) is 11.0. The van der Waals surface area contributed by atoms with E-state index in [9.17, 15) is 4.79 Å². The molecule has 1 aliphatic rings. The Hall–Kier alpha value is -1.25. The number of rotatable bonds is 2. The lowest BCUT2D eigenvalue weighted by Crippen LogP contribution is -2.16. The monoisotopic (exact) mass is 192 g/mol. The molecule has 1 N–H and O–H groups in total. The molecule has 2 rings (SSSR count). The second-order valence-corrected chi connectivity index (χ2v) is 4.19. The van der Waals surface area contributed by atoms with E-state index in [1.54, 1.807) is 0 Å². The molecule has 0 bridgehead atoms. The number of hydrogen-bond acceptors (Lipinski definition) is 1. The van der Waals surface area contributed by atoms with Gasteiger partial charge in [-0.25, -0.2) is 0 Å². The zero-order chi connectivity index (χ0) is 10.1. The standard InChI is InChI=1S/C11H16N2O/c1-8-3-9(2)13(6-8)7-10-4-11(14)12-5-10/h3,6,10H,4-5,7H2,1-2H3,(H,12,14). The molecule has 1 aliphatic heterocycles. The van der Waals surface area contributed by atoms with Crippen molar-refractivity contribution in [3.8, 4) is 0 Å². The van der Waals surface area contributed by atoms with Crippen LogP contribution in [0.15, 0.2) is 12.3 Å². The number of amides is 1. The molecule has 0 saturated carbocycles. The molecule has 0 aliphatic carbocycles. The van der Waals surface area contributed by atoms with Crippen molar-refractivity contribution in [2.75, 3.05) is 6.54 Å². The summed E-state index contributed by atoms with van der Waals surface area (Å²) in [6.07, 6.45) is 2.83. The molecule has 1 saturated heterocycles. The Bertz CT molecular complexity index is 354. The number of aryl methyl sites for hydroxylation is 2. The average Bonchev–Trinajstić information content (AvgIpc) is 2.61. The Morgan fingerprint density at radius 2 is 2.36 bits per heavy atom. The summed E-state index contributed by atoms with van der Waals surface area (Å²) in [7, 11) is 0. The van der Waals surface area contributed by atoms with E-state index in [2.05, 4.69) is 36.0 Å². The first kappa shape index (κ1) is 9.31.